The zero-order valence-electron chi connectivity index (χ0n) is 10.4. The number of hydrazone groups is 1. The van der Waals surface area contributed by atoms with Gasteiger partial charge in [0.2, 0.25) is 0 Å². The summed E-state index contributed by atoms with van der Waals surface area (Å²) in [4.78, 5) is 0. The van der Waals surface area contributed by atoms with E-state index in [4.69, 9.17) is 41.2 Å². The van der Waals surface area contributed by atoms with Gasteiger partial charge in [0.1, 0.15) is 0 Å². The number of thiocarbonyl (C=S) groups is 1. The highest BCUT2D eigenvalue weighted by atomic mass is 35.5. The third-order valence-electron chi connectivity index (χ3n) is 2.15. The van der Waals surface area contributed by atoms with Crippen LogP contribution in [0.25, 0.3) is 0 Å². The van der Waals surface area contributed by atoms with Crippen LogP contribution in [-0.2, 0) is 0 Å². The summed E-state index contributed by atoms with van der Waals surface area (Å²) < 4.78 is 0. The van der Waals surface area contributed by atoms with Gasteiger partial charge in [-0.3, -0.25) is 0 Å². The summed E-state index contributed by atoms with van der Waals surface area (Å²) >= 11 is 17.1. The lowest BCUT2D eigenvalue weighted by Gasteiger charge is -2.31. The van der Waals surface area contributed by atoms with E-state index in [2.05, 4.69) is 5.10 Å². The largest absolute Gasteiger partial charge is 0.375 e. The van der Waals surface area contributed by atoms with Gasteiger partial charge in [-0.2, -0.15) is 5.10 Å². The second-order valence-electron chi connectivity index (χ2n) is 4.70. The number of hydrogen-bond donors (Lipinski definition) is 1. The molecule has 1 aromatic rings. The molecule has 0 aliphatic carbocycles. The predicted octanol–water partition coefficient (Wildman–Crippen LogP) is 3.67. The maximum absolute atomic E-state index is 6.05. The van der Waals surface area contributed by atoms with Gasteiger partial charge in [-0.1, -0.05) is 29.3 Å². The van der Waals surface area contributed by atoms with Crippen LogP contribution in [0.2, 0.25) is 10.0 Å². The standard InChI is InChI=1S/C12H15Cl2N3S/c1-12(2,3)17(11(15)18)16-7-8-9(13)5-4-6-10(8)14/h4-7H,1-3H3,(H2,15,18)/b16-7+. The van der Waals surface area contributed by atoms with Crippen LogP contribution in [0.15, 0.2) is 23.3 Å². The number of nitrogens with two attached hydrogens (primary N) is 1. The quantitative estimate of drug-likeness (QED) is 0.515. The van der Waals surface area contributed by atoms with Crippen molar-refractivity contribution in [3.8, 4) is 0 Å². The van der Waals surface area contributed by atoms with Crippen LogP contribution >= 0.6 is 35.4 Å². The van der Waals surface area contributed by atoms with Crippen molar-refractivity contribution in [2.45, 2.75) is 26.3 Å². The molecule has 6 heteroatoms. The fraction of sp³-hybridized carbons (Fsp3) is 0.333. The average molecular weight is 304 g/mol. The Morgan fingerprint density at radius 3 is 2.22 bits per heavy atom. The fourth-order valence-corrected chi connectivity index (χ4v) is 2.13. The van der Waals surface area contributed by atoms with Crippen molar-refractivity contribution in [1.82, 2.24) is 5.01 Å². The van der Waals surface area contributed by atoms with Gasteiger partial charge in [0.15, 0.2) is 5.11 Å². The van der Waals surface area contributed by atoms with E-state index in [1.165, 1.54) is 0 Å². The molecular formula is C12H15Cl2N3S. The van der Waals surface area contributed by atoms with E-state index in [1.807, 2.05) is 20.8 Å². The summed E-state index contributed by atoms with van der Waals surface area (Å²) in [5.74, 6) is 0. The Morgan fingerprint density at radius 2 is 1.83 bits per heavy atom. The maximum atomic E-state index is 6.05. The molecule has 0 atom stereocenters. The van der Waals surface area contributed by atoms with E-state index in [9.17, 15) is 0 Å². The monoisotopic (exact) mass is 303 g/mol. The van der Waals surface area contributed by atoms with Crippen molar-refractivity contribution in [2.24, 2.45) is 10.8 Å². The van der Waals surface area contributed by atoms with Crippen molar-refractivity contribution < 1.29 is 0 Å². The number of hydrogen-bond acceptors (Lipinski definition) is 2. The first-order valence-corrected chi connectivity index (χ1v) is 6.47. The fourth-order valence-electron chi connectivity index (χ4n) is 1.31. The molecule has 2 N–H and O–H groups in total. The van der Waals surface area contributed by atoms with Crippen LogP contribution in [-0.4, -0.2) is 21.9 Å². The normalized spacial score (nSPS) is 11.8. The summed E-state index contributed by atoms with van der Waals surface area (Å²) in [5, 5.41) is 7.06. The first-order chi connectivity index (χ1) is 8.23. The molecule has 3 nitrogen and oxygen atoms in total. The van der Waals surface area contributed by atoms with Gasteiger partial charge >= 0.3 is 0 Å². The Labute approximate surface area is 123 Å². The minimum absolute atomic E-state index is 0.196. The summed E-state index contributed by atoms with van der Waals surface area (Å²) in [6.07, 6.45) is 1.56. The van der Waals surface area contributed by atoms with Crippen molar-refractivity contribution in [2.75, 3.05) is 0 Å². The van der Waals surface area contributed by atoms with Crippen LogP contribution in [0.1, 0.15) is 26.3 Å². The van der Waals surface area contributed by atoms with Crippen LogP contribution in [0.3, 0.4) is 0 Å². The highest BCUT2D eigenvalue weighted by molar-refractivity contribution is 7.80. The third-order valence-corrected chi connectivity index (χ3v) is 2.98. The minimum Gasteiger partial charge on any atom is -0.375 e. The Kier molecular flexibility index (Phi) is 4.96. The van der Waals surface area contributed by atoms with Crippen molar-refractivity contribution in [3.63, 3.8) is 0 Å². The summed E-state index contributed by atoms with van der Waals surface area (Å²) in [6.45, 7) is 5.87. The molecule has 0 saturated carbocycles. The summed E-state index contributed by atoms with van der Waals surface area (Å²) in [6, 6.07) is 5.27. The van der Waals surface area contributed by atoms with Crippen molar-refractivity contribution in [1.29, 1.82) is 0 Å². The highest BCUT2D eigenvalue weighted by Crippen LogP contribution is 2.23. The van der Waals surface area contributed by atoms with Gasteiger partial charge in [-0.15, -0.1) is 0 Å². The van der Waals surface area contributed by atoms with Crippen LogP contribution in [0, 0.1) is 0 Å². The average Bonchev–Trinajstić information content (AvgIpc) is 2.19. The van der Waals surface area contributed by atoms with Gasteiger partial charge in [0, 0.05) is 5.56 Å². The van der Waals surface area contributed by atoms with Crippen molar-refractivity contribution >= 4 is 46.7 Å². The predicted molar refractivity (Wildman–Crippen MR) is 82.4 cm³/mol. The molecule has 0 fully saturated rings. The molecule has 98 valence electrons. The molecule has 0 bridgehead atoms. The maximum Gasteiger partial charge on any atom is 0.187 e. The third kappa shape index (κ3) is 3.83. The molecule has 0 aliphatic rings. The molecule has 1 aromatic carbocycles. The Hall–Kier alpha value is -0.840. The topological polar surface area (TPSA) is 41.6 Å². The number of halogens is 2. The molecule has 0 unspecified atom stereocenters. The Balaban J connectivity index is 3.08. The van der Waals surface area contributed by atoms with Gasteiger partial charge in [-0.25, -0.2) is 5.01 Å². The summed E-state index contributed by atoms with van der Waals surface area (Å²) in [5.41, 5.74) is 5.98. The molecule has 0 saturated heterocycles. The Bertz CT molecular complexity index is 460. The molecule has 0 radical (unpaired) electrons. The van der Waals surface area contributed by atoms with Gasteiger partial charge < -0.3 is 5.73 Å². The number of benzene rings is 1. The molecule has 1 rings (SSSR count). The molecular weight excluding hydrogens is 289 g/mol. The minimum atomic E-state index is -0.309. The SMILES string of the molecule is CC(C)(C)N(/N=C/c1c(Cl)cccc1Cl)C(N)=S. The van der Waals surface area contributed by atoms with Crippen LogP contribution < -0.4 is 5.73 Å². The van der Waals surface area contributed by atoms with Crippen LogP contribution in [0.4, 0.5) is 0 Å². The van der Waals surface area contributed by atoms with E-state index in [-0.39, 0.29) is 10.7 Å². The molecule has 0 aromatic heterocycles. The molecule has 0 heterocycles. The van der Waals surface area contributed by atoms with E-state index >= 15 is 0 Å². The van der Waals surface area contributed by atoms with E-state index in [1.54, 1.807) is 29.4 Å². The highest BCUT2D eigenvalue weighted by Gasteiger charge is 2.21. The summed E-state index contributed by atoms with van der Waals surface area (Å²) in [7, 11) is 0. The molecule has 0 amide bonds. The lowest BCUT2D eigenvalue weighted by molar-refractivity contribution is 0.250. The smallest absolute Gasteiger partial charge is 0.187 e. The van der Waals surface area contributed by atoms with E-state index in [0.29, 0.717) is 15.6 Å². The first-order valence-electron chi connectivity index (χ1n) is 5.31. The van der Waals surface area contributed by atoms with Gasteiger partial charge in [0.05, 0.1) is 21.8 Å². The van der Waals surface area contributed by atoms with Crippen molar-refractivity contribution in [3.05, 3.63) is 33.8 Å². The second kappa shape index (κ2) is 5.87. The first kappa shape index (κ1) is 15.2. The molecule has 0 aliphatic heterocycles. The van der Waals surface area contributed by atoms with E-state index < -0.39 is 0 Å². The Morgan fingerprint density at radius 1 is 1.33 bits per heavy atom. The second-order valence-corrected chi connectivity index (χ2v) is 5.93. The van der Waals surface area contributed by atoms with Crippen LogP contribution in [0.5, 0.6) is 0 Å². The van der Waals surface area contributed by atoms with E-state index in [0.717, 1.165) is 0 Å². The van der Waals surface area contributed by atoms with Gasteiger partial charge in [-0.05, 0) is 45.1 Å². The number of rotatable bonds is 2. The lowest BCUT2D eigenvalue weighted by Crippen LogP contribution is -2.44. The van der Waals surface area contributed by atoms with Gasteiger partial charge in [0.25, 0.3) is 0 Å². The number of nitrogens with zero attached hydrogens (tertiary/aromatic N) is 2. The zero-order valence-corrected chi connectivity index (χ0v) is 12.8. The lowest BCUT2D eigenvalue weighted by atomic mass is 10.1. The zero-order chi connectivity index (χ0) is 13.9. The molecule has 0 spiro atoms. The molecule has 18 heavy (non-hydrogen) atoms.